The van der Waals surface area contributed by atoms with Crippen molar-refractivity contribution in [1.82, 2.24) is 9.88 Å². The van der Waals surface area contributed by atoms with Gasteiger partial charge in [-0.3, -0.25) is 9.59 Å². The first kappa shape index (κ1) is 14.5. The van der Waals surface area contributed by atoms with Crippen molar-refractivity contribution >= 4 is 21.8 Å². The topological polar surface area (TPSA) is 51.1 Å². The summed E-state index contributed by atoms with van der Waals surface area (Å²) in [6, 6.07) is 9.48. The van der Waals surface area contributed by atoms with E-state index in [1.807, 2.05) is 31.2 Å². The van der Waals surface area contributed by atoms with Crippen LogP contribution in [0.4, 0.5) is 0 Å². The van der Waals surface area contributed by atoms with Gasteiger partial charge in [-0.15, -0.1) is 0 Å². The highest BCUT2D eigenvalue weighted by molar-refractivity contribution is 9.10. The molecule has 0 radical (unpaired) electrons. The van der Waals surface area contributed by atoms with E-state index in [1.54, 1.807) is 6.20 Å². The van der Waals surface area contributed by atoms with E-state index in [4.69, 9.17) is 0 Å². The second kappa shape index (κ2) is 6.05. The molecule has 1 aromatic carbocycles. The maximum Gasteiger partial charge on any atom is 0.263 e. The van der Waals surface area contributed by atoms with E-state index in [1.165, 1.54) is 23.2 Å². The molecule has 1 aromatic heterocycles. The van der Waals surface area contributed by atoms with Gasteiger partial charge in [-0.1, -0.05) is 29.8 Å². The highest BCUT2D eigenvalue weighted by Crippen LogP contribution is 2.11. The molecule has 0 aliphatic carbocycles. The molecule has 0 fully saturated rings. The summed E-state index contributed by atoms with van der Waals surface area (Å²) < 4.78 is 2.22. The number of aromatic nitrogens is 1. The number of halogens is 1. The van der Waals surface area contributed by atoms with Crippen LogP contribution in [0.25, 0.3) is 0 Å². The third-order valence-electron chi connectivity index (χ3n) is 3.00. The van der Waals surface area contributed by atoms with Crippen LogP contribution in [0.15, 0.2) is 45.8 Å². The average molecular weight is 335 g/mol. The summed E-state index contributed by atoms with van der Waals surface area (Å²) in [6.07, 6.45) is 1.69. The maximum absolute atomic E-state index is 12.3. The van der Waals surface area contributed by atoms with Crippen molar-refractivity contribution in [3.63, 3.8) is 0 Å². The average Bonchev–Trinajstić information content (AvgIpc) is 2.44. The first-order valence-electron chi connectivity index (χ1n) is 6.19. The molecule has 2 aromatic rings. The molecule has 4 nitrogen and oxygen atoms in total. The Hall–Kier alpha value is -1.88. The summed E-state index contributed by atoms with van der Waals surface area (Å²) in [5, 5.41) is 2.47. The molecule has 104 valence electrons. The van der Waals surface area contributed by atoms with Crippen molar-refractivity contribution in [3.05, 3.63) is 68.0 Å². The molecule has 1 heterocycles. The minimum atomic E-state index is -0.381. The summed E-state index contributed by atoms with van der Waals surface area (Å²) >= 11 is 3.33. The lowest BCUT2D eigenvalue weighted by atomic mass is 10.1. The zero-order chi connectivity index (χ0) is 14.7. The van der Waals surface area contributed by atoms with Gasteiger partial charge in [0.1, 0.15) is 5.56 Å². The molecule has 20 heavy (non-hydrogen) atoms. The zero-order valence-corrected chi connectivity index (χ0v) is 12.9. The minimum Gasteiger partial charge on any atom is -0.355 e. The van der Waals surface area contributed by atoms with Gasteiger partial charge in [0.2, 0.25) is 0 Å². The molecule has 2 rings (SSSR count). The van der Waals surface area contributed by atoms with Crippen LogP contribution in [0.3, 0.4) is 0 Å². The van der Waals surface area contributed by atoms with Crippen LogP contribution in [0, 0.1) is 6.92 Å². The monoisotopic (exact) mass is 334 g/mol. The van der Waals surface area contributed by atoms with Crippen molar-refractivity contribution in [2.45, 2.75) is 13.5 Å². The van der Waals surface area contributed by atoms with Gasteiger partial charge in [-0.2, -0.15) is 0 Å². The van der Waals surface area contributed by atoms with Crippen LogP contribution in [0.2, 0.25) is 0 Å². The first-order chi connectivity index (χ1) is 9.51. The Balaban J connectivity index is 2.42. The Kier molecular flexibility index (Phi) is 4.39. The number of hydrogen-bond donors (Lipinski definition) is 1. The summed E-state index contributed by atoms with van der Waals surface area (Å²) in [7, 11) is 1.51. The number of nitrogens with one attached hydrogen (secondary N) is 1. The fraction of sp³-hybridized carbons (Fsp3) is 0.200. The molecule has 0 bridgehead atoms. The molecule has 1 amide bonds. The Morgan fingerprint density at radius 2 is 1.95 bits per heavy atom. The number of rotatable bonds is 3. The zero-order valence-electron chi connectivity index (χ0n) is 11.3. The first-order valence-corrected chi connectivity index (χ1v) is 6.98. The number of hydrogen-bond acceptors (Lipinski definition) is 2. The van der Waals surface area contributed by atoms with Crippen LogP contribution in [0.5, 0.6) is 0 Å². The Morgan fingerprint density at radius 1 is 1.30 bits per heavy atom. The van der Waals surface area contributed by atoms with Crippen molar-refractivity contribution in [1.29, 1.82) is 0 Å². The third kappa shape index (κ3) is 3.17. The number of aryl methyl sites for hydroxylation is 1. The van der Waals surface area contributed by atoms with Gasteiger partial charge in [-0.25, -0.2) is 0 Å². The Labute approximate surface area is 125 Å². The normalized spacial score (nSPS) is 10.3. The summed E-state index contributed by atoms with van der Waals surface area (Å²) in [5.41, 5.74) is 2.02. The second-order valence-corrected chi connectivity index (χ2v) is 5.49. The van der Waals surface area contributed by atoms with Crippen molar-refractivity contribution in [2.24, 2.45) is 0 Å². The molecule has 5 heteroatoms. The molecule has 0 spiro atoms. The van der Waals surface area contributed by atoms with Crippen LogP contribution >= 0.6 is 15.9 Å². The summed E-state index contributed by atoms with van der Waals surface area (Å²) in [4.78, 5) is 24.0. The van der Waals surface area contributed by atoms with Gasteiger partial charge in [0.25, 0.3) is 11.5 Å². The number of pyridine rings is 1. The standard InChI is InChI=1S/C15H15BrN2O2/c1-10-3-5-11(6-4-10)8-18-9-12(16)7-13(15(18)20)14(19)17-2/h3-7,9H,8H2,1-2H3,(H,17,19). The predicted molar refractivity (Wildman–Crippen MR) is 82.1 cm³/mol. The van der Waals surface area contributed by atoms with Gasteiger partial charge in [-0.05, 0) is 34.5 Å². The van der Waals surface area contributed by atoms with Gasteiger partial charge >= 0.3 is 0 Å². The van der Waals surface area contributed by atoms with E-state index in [9.17, 15) is 9.59 Å². The Morgan fingerprint density at radius 3 is 2.55 bits per heavy atom. The number of nitrogens with zero attached hydrogens (tertiary/aromatic N) is 1. The predicted octanol–water partition coefficient (Wildman–Crippen LogP) is 2.33. The SMILES string of the molecule is CNC(=O)c1cc(Br)cn(Cc2ccc(C)cc2)c1=O. The maximum atomic E-state index is 12.3. The molecule has 0 aliphatic rings. The lowest BCUT2D eigenvalue weighted by Crippen LogP contribution is -2.31. The molecule has 0 saturated carbocycles. The van der Waals surface area contributed by atoms with Crippen molar-refractivity contribution in [2.75, 3.05) is 7.05 Å². The fourth-order valence-electron chi connectivity index (χ4n) is 1.90. The van der Waals surface area contributed by atoms with E-state index >= 15 is 0 Å². The molecule has 0 unspecified atom stereocenters. The fourth-order valence-corrected chi connectivity index (χ4v) is 2.38. The molecular formula is C15H15BrN2O2. The lowest BCUT2D eigenvalue weighted by molar-refractivity contribution is 0.0961. The molecule has 0 saturated heterocycles. The van der Waals surface area contributed by atoms with Crippen molar-refractivity contribution in [3.8, 4) is 0 Å². The van der Waals surface area contributed by atoms with E-state index < -0.39 is 0 Å². The van der Waals surface area contributed by atoms with E-state index in [2.05, 4.69) is 21.2 Å². The third-order valence-corrected chi connectivity index (χ3v) is 3.43. The molecular weight excluding hydrogens is 320 g/mol. The lowest BCUT2D eigenvalue weighted by Gasteiger charge is -2.09. The van der Waals surface area contributed by atoms with Gasteiger partial charge in [0.05, 0.1) is 6.54 Å². The highest BCUT2D eigenvalue weighted by Gasteiger charge is 2.12. The highest BCUT2D eigenvalue weighted by atomic mass is 79.9. The van der Waals surface area contributed by atoms with Crippen LogP contribution in [0.1, 0.15) is 21.5 Å². The van der Waals surface area contributed by atoms with Gasteiger partial charge in [0.15, 0.2) is 0 Å². The van der Waals surface area contributed by atoms with E-state index in [0.29, 0.717) is 11.0 Å². The van der Waals surface area contributed by atoms with E-state index in [-0.39, 0.29) is 17.0 Å². The summed E-state index contributed by atoms with van der Waals surface area (Å²) in [6.45, 7) is 2.45. The van der Waals surface area contributed by atoms with Gasteiger partial charge < -0.3 is 9.88 Å². The number of carbonyl (C=O) groups is 1. The van der Waals surface area contributed by atoms with Crippen LogP contribution in [-0.2, 0) is 6.54 Å². The van der Waals surface area contributed by atoms with Crippen LogP contribution in [-0.4, -0.2) is 17.5 Å². The second-order valence-electron chi connectivity index (χ2n) is 4.57. The summed E-state index contributed by atoms with van der Waals surface area (Å²) in [5.74, 6) is -0.381. The molecule has 0 aliphatic heterocycles. The van der Waals surface area contributed by atoms with Crippen molar-refractivity contribution < 1.29 is 4.79 Å². The smallest absolute Gasteiger partial charge is 0.263 e. The van der Waals surface area contributed by atoms with E-state index in [0.717, 1.165) is 5.56 Å². The molecule has 0 atom stereocenters. The molecule has 1 N–H and O–H groups in total. The number of carbonyl (C=O) groups excluding carboxylic acids is 1. The quantitative estimate of drug-likeness (QED) is 0.936. The van der Waals surface area contributed by atoms with Gasteiger partial charge in [0, 0.05) is 17.7 Å². The largest absolute Gasteiger partial charge is 0.355 e. The number of amides is 1. The Bertz CT molecular complexity index is 690. The minimum absolute atomic E-state index is 0.133. The van der Waals surface area contributed by atoms with Crippen LogP contribution < -0.4 is 10.9 Å². The number of benzene rings is 1.